The maximum atomic E-state index is 12.3. The Morgan fingerprint density at radius 2 is 1.88 bits per heavy atom. The summed E-state index contributed by atoms with van der Waals surface area (Å²) in [5, 5.41) is 2.59. The van der Waals surface area contributed by atoms with Gasteiger partial charge in [0, 0.05) is 13.1 Å². The van der Waals surface area contributed by atoms with Crippen molar-refractivity contribution in [1.29, 1.82) is 0 Å². The first-order chi connectivity index (χ1) is 8.33. The van der Waals surface area contributed by atoms with Crippen molar-refractivity contribution >= 4 is 12.3 Å². The number of allylic oxidation sites excluding steroid dienone is 1. The van der Waals surface area contributed by atoms with Crippen LogP contribution in [0.3, 0.4) is 0 Å². The fourth-order valence-corrected chi connectivity index (χ4v) is 2.35. The van der Waals surface area contributed by atoms with Crippen LogP contribution in [0.5, 0.6) is 0 Å². The molecule has 17 heavy (non-hydrogen) atoms. The van der Waals surface area contributed by atoms with Gasteiger partial charge in [-0.3, -0.25) is 9.59 Å². The SMILES string of the molecule is O=CNC(C(=O)N1CCOCC1)=C1CCCC1. The lowest BCUT2D eigenvalue weighted by atomic mass is 10.1. The van der Waals surface area contributed by atoms with Gasteiger partial charge in [0.15, 0.2) is 0 Å². The number of morpholine rings is 1. The third-order valence-corrected chi connectivity index (χ3v) is 3.28. The largest absolute Gasteiger partial charge is 0.378 e. The third kappa shape index (κ3) is 2.85. The van der Waals surface area contributed by atoms with Crippen molar-refractivity contribution in [2.75, 3.05) is 26.3 Å². The molecule has 94 valence electrons. The minimum absolute atomic E-state index is 0.0581. The monoisotopic (exact) mass is 238 g/mol. The second-order valence-corrected chi connectivity index (χ2v) is 4.35. The molecule has 1 saturated heterocycles. The predicted molar refractivity (Wildman–Crippen MR) is 62.1 cm³/mol. The van der Waals surface area contributed by atoms with Crippen LogP contribution in [0.1, 0.15) is 25.7 Å². The molecular formula is C12H18N2O3. The Labute approximate surface area is 101 Å². The minimum atomic E-state index is -0.0581. The number of hydrogen-bond donors (Lipinski definition) is 1. The maximum absolute atomic E-state index is 12.3. The summed E-state index contributed by atoms with van der Waals surface area (Å²) in [7, 11) is 0. The van der Waals surface area contributed by atoms with Crippen molar-refractivity contribution in [3.63, 3.8) is 0 Å². The molecular weight excluding hydrogens is 220 g/mol. The fourth-order valence-electron chi connectivity index (χ4n) is 2.35. The van der Waals surface area contributed by atoms with E-state index < -0.39 is 0 Å². The lowest BCUT2D eigenvalue weighted by Gasteiger charge is -2.28. The van der Waals surface area contributed by atoms with Crippen LogP contribution in [0.15, 0.2) is 11.3 Å². The zero-order valence-corrected chi connectivity index (χ0v) is 9.91. The molecule has 0 aromatic heterocycles. The molecule has 0 radical (unpaired) electrons. The van der Waals surface area contributed by atoms with Crippen molar-refractivity contribution in [3.05, 3.63) is 11.3 Å². The molecule has 2 rings (SSSR count). The number of carbonyl (C=O) groups is 2. The van der Waals surface area contributed by atoms with E-state index in [1.807, 2.05) is 0 Å². The first kappa shape index (κ1) is 12.1. The van der Waals surface area contributed by atoms with E-state index in [1.54, 1.807) is 4.90 Å². The summed E-state index contributed by atoms with van der Waals surface area (Å²) in [4.78, 5) is 24.6. The number of nitrogens with one attached hydrogen (secondary N) is 1. The van der Waals surface area contributed by atoms with Gasteiger partial charge in [-0.15, -0.1) is 0 Å². The first-order valence-electron chi connectivity index (χ1n) is 6.12. The van der Waals surface area contributed by atoms with Crippen LogP contribution in [-0.2, 0) is 14.3 Å². The van der Waals surface area contributed by atoms with Crippen LogP contribution < -0.4 is 5.32 Å². The second kappa shape index (κ2) is 5.82. The molecule has 0 unspecified atom stereocenters. The van der Waals surface area contributed by atoms with Gasteiger partial charge in [-0.25, -0.2) is 0 Å². The highest BCUT2D eigenvalue weighted by Crippen LogP contribution is 2.26. The van der Waals surface area contributed by atoms with Crippen LogP contribution in [0, 0.1) is 0 Å². The Hall–Kier alpha value is -1.36. The molecule has 0 aromatic carbocycles. The van der Waals surface area contributed by atoms with E-state index in [4.69, 9.17) is 4.74 Å². The van der Waals surface area contributed by atoms with E-state index in [0.29, 0.717) is 38.4 Å². The summed E-state index contributed by atoms with van der Waals surface area (Å²) in [6.45, 7) is 2.37. The van der Waals surface area contributed by atoms with E-state index in [9.17, 15) is 9.59 Å². The van der Waals surface area contributed by atoms with Crippen molar-refractivity contribution in [2.24, 2.45) is 0 Å². The number of carbonyl (C=O) groups excluding carboxylic acids is 2. The summed E-state index contributed by atoms with van der Waals surface area (Å²) in [6.07, 6.45) is 4.66. The van der Waals surface area contributed by atoms with Crippen LogP contribution in [0.25, 0.3) is 0 Å². The number of hydrogen-bond acceptors (Lipinski definition) is 3. The highest BCUT2D eigenvalue weighted by Gasteiger charge is 2.24. The molecule has 2 fully saturated rings. The van der Waals surface area contributed by atoms with E-state index in [-0.39, 0.29) is 5.91 Å². The van der Waals surface area contributed by atoms with Gasteiger partial charge in [-0.2, -0.15) is 0 Å². The molecule has 0 spiro atoms. The predicted octanol–water partition coefficient (Wildman–Crippen LogP) is 0.419. The second-order valence-electron chi connectivity index (χ2n) is 4.35. The van der Waals surface area contributed by atoms with Gasteiger partial charge >= 0.3 is 0 Å². The van der Waals surface area contributed by atoms with Gasteiger partial charge in [-0.05, 0) is 31.3 Å². The van der Waals surface area contributed by atoms with Gasteiger partial charge in [0.25, 0.3) is 5.91 Å². The third-order valence-electron chi connectivity index (χ3n) is 3.28. The smallest absolute Gasteiger partial charge is 0.270 e. The normalized spacial score (nSPS) is 20.2. The average molecular weight is 238 g/mol. The van der Waals surface area contributed by atoms with E-state index in [2.05, 4.69) is 5.32 Å². The zero-order chi connectivity index (χ0) is 12.1. The highest BCUT2D eigenvalue weighted by molar-refractivity contribution is 5.95. The van der Waals surface area contributed by atoms with Crippen molar-refractivity contribution < 1.29 is 14.3 Å². The van der Waals surface area contributed by atoms with E-state index >= 15 is 0 Å². The molecule has 2 aliphatic rings. The van der Waals surface area contributed by atoms with Gasteiger partial charge in [0.2, 0.25) is 6.41 Å². The van der Waals surface area contributed by atoms with Crippen molar-refractivity contribution in [1.82, 2.24) is 10.2 Å². The zero-order valence-electron chi connectivity index (χ0n) is 9.91. The van der Waals surface area contributed by atoms with Crippen molar-refractivity contribution in [2.45, 2.75) is 25.7 Å². The Morgan fingerprint density at radius 1 is 1.24 bits per heavy atom. The number of ether oxygens (including phenoxy) is 1. The summed E-state index contributed by atoms with van der Waals surface area (Å²) >= 11 is 0. The summed E-state index contributed by atoms with van der Waals surface area (Å²) in [5.74, 6) is -0.0581. The average Bonchev–Trinajstić information content (AvgIpc) is 2.90. The summed E-state index contributed by atoms with van der Waals surface area (Å²) < 4.78 is 5.22. The highest BCUT2D eigenvalue weighted by atomic mass is 16.5. The molecule has 1 heterocycles. The van der Waals surface area contributed by atoms with Crippen LogP contribution in [-0.4, -0.2) is 43.5 Å². The lowest BCUT2D eigenvalue weighted by molar-refractivity contribution is -0.132. The van der Waals surface area contributed by atoms with Gasteiger partial charge < -0.3 is 15.0 Å². The molecule has 5 heteroatoms. The molecule has 2 amide bonds. The molecule has 1 N–H and O–H groups in total. The molecule has 0 atom stereocenters. The quantitative estimate of drug-likeness (QED) is 0.572. The molecule has 1 aliphatic heterocycles. The van der Waals surface area contributed by atoms with Crippen LogP contribution in [0.2, 0.25) is 0 Å². The van der Waals surface area contributed by atoms with Crippen molar-refractivity contribution in [3.8, 4) is 0 Å². The Bertz CT molecular complexity index is 325. The Kier molecular flexibility index (Phi) is 4.14. The Morgan fingerprint density at radius 3 is 2.47 bits per heavy atom. The summed E-state index contributed by atoms with van der Waals surface area (Å²) in [5.41, 5.74) is 1.59. The molecule has 1 aliphatic carbocycles. The maximum Gasteiger partial charge on any atom is 0.270 e. The minimum Gasteiger partial charge on any atom is -0.378 e. The van der Waals surface area contributed by atoms with E-state index in [0.717, 1.165) is 31.3 Å². The van der Waals surface area contributed by atoms with E-state index in [1.165, 1.54) is 0 Å². The number of rotatable bonds is 3. The molecule has 5 nitrogen and oxygen atoms in total. The molecule has 0 aromatic rings. The lowest BCUT2D eigenvalue weighted by Crippen LogP contribution is -2.43. The van der Waals surface area contributed by atoms with Gasteiger partial charge in [0.1, 0.15) is 5.70 Å². The topological polar surface area (TPSA) is 58.6 Å². The van der Waals surface area contributed by atoms with Crippen LogP contribution in [0.4, 0.5) is 0 Å². The van der Waals surface area contributed by atoms with Gasteiger partial charge in [0.05, 0.1) is 13.2 Å². The Balaban J connectivity index is 2.11. The van der Waals surface area contributed by atoms with Gasteiger partial charge in [-0.1, -0.05) is 0 Å². The molecule has 1 saturated carbocycles. The summed E-state index contributed by atoms with van der Waals surface area (Å²) in [6, 6.07) is 0. The molecule has 0 bridgehead atoms. The number of amides is 2. The van der Waals surface area contributed by atoms with Crippen LogP contribution >= 0.6 is 0 Å². The fraction of sp³-hybridized carbons (Fsp3) is 0.667. The number of nitrogens with zero attached hydrogens (tertiary/aromatic N) is 1. The first-order valence-corrected chi connectivity index (χ1v) is 6.12. The standard InChI is InChI=1S/C12H18N2O3/c15-9-13-11(10-3-1-2-4-10)12(16)14-5-7-17-8-6-14/h9H,1-8H2,(H,13,15).